The Bertz CT molecular complexity index is 681. The summed E-state index contributed by atoms with van der Waals surface area (Å²) in [6.45, 7) is 2.25. The number of hydrogen-bond donors (Lipinski definition) is 1. The number of carbonyl (C=O) groups excluding carboxylic acids is 2. The van der Waals surface area contributed by atoms with Gasteiger partial charge in [0.15, 0.2) is 0 Å². The van der Waals surface area contributed by atoms with E-state index in [0.717, 1.165) is 5.56 Å². The van der Waals surface area contributed by atoms with E-state index < -0.39 is 24.0 Å². The van der Waals surface area contributed by atoms with Gasteiger partial charge in [-0.15, -0.1) is 0 Å². The van der Waals surface area contributed by atoms with Gasteiger partial charge in [-0.1, -0.05) is 25.1 Å². The number of rotatable bonds is 3. The summed E-state index contributed by atoms with van der Waals surface area (Å²) in [5.41, 5.74) is 2.08. The van der Waals surface area contributed by atoms with Crippen LogP contribution in [0.25, 0.3) is 0 Å². The lowest BCUT2D eigenvalue weighted by Gasteiger charge is -2.46. The fourth-order valence-electron chi connectivity index (χ4n) is 3.61. The van der Waals surface area contributed by atoms with Crippen LogP contribution in [-0.4, -0.2) is 47.9 Å². The Hall–Kier alpha value is -2.09. The summed E-state index contributed by atoms with van der Waals surface area (Å²) in [6, 6.07) is 2.70. The van der Waals surface area contributed by atoms with E-state index >= 15 is 0 Å². The summed E-state index contributed by atoms with van der Waals surface area (Å²) in [7, 11) is 0. The van der Waals surface area contributed by atoms with Gasteiger partial charge in [0, 0.05) is 23.2 Å². The molecule has 1 aromatic rings. The van der Waals surface area contributed by atoms with E-state index in [-0.39, 0.29) is 25.4 Å². The normalized spacial score (nSPS) is 23.5. The van der Waals surface area contributed by atoms with Crippen LogP contribution in [0.15, 0.2) is 18.2 Å². The highest BCUT2D eigenvalue weighted by Crippen LogP contribution is 2.34. The first-order valence-electron chi connectivity index (χ1n) is 7.77. The molecular weight excluding hydrogens is 325 g/mol. The molecule has 24 heavy (non-hydrogen) atoms. The molecule has 2 aliphatic rings. The standard InChI is InChI=1S/C16H17F3N2O3/c1-2-9-4-3-5-10-8-11-13(16(17,18)15(23)24-19)20-6-7-21(11)14(22)12(9)10/h3-5,11,13,20H,2,6-8H2,1H3/t11-,13?/m1/s1. The molecule has 1 aromatic carbocycles. The number of amides is 1. The highest BCUT2D eigenvalue weighted by molar-refractivity contribution is 5.99. The molecule has 2 heterocycles. The Balaban J connectivity index is 2.01. The summed E-state index contributed by atoms with van der Waals surface area (Å²) in [4.78, 5) is 28.0. The molecule has 3 rings (SSSR count). The second kappa shape index (κ2) is 6.08. The van der Waals surface area contributed by atoms with Crippen LogP contribution < -0.4 is 5.32 Å². The Morgan fingerprint density at radius 1 is 1.46 bits per heavy atom. The Morgan fingerprint density at radius 3 is 2.88 bits per heavy atom. The van der Waals surface area contributed by atoms with Crippen molar-refractivity contribution in [2.24, 2.45) is 0 Å². The van der Waals surface area contributed by atoms with Crippen LogP contribution in [0.2, 0.25) is 0 Å². The Kier molecular flexibility index (Phi) is 4.25. The van der Waals surface area contributed by atoms with Gasteiger partial charge < -0.3 is 10.2 Å². The first-order chi connectivity index (χ1) is 11.4. The molecule has 2 aliphatic heterocycles. The van der Waals surface area contributed by atoms with Gasteiger partial charge in [-0.05, 0) is 24.0 Å². The minimum absolute atomic E-state index is 0.0890. The maximum Gasteiger partial charge on any atom is 0.419 e. The third-order valence-electron chi connectivity index (χ3n) is 4.76. The summed E-state index contributed by atoms with van der Waals surface area (Å²) >= 11 is 0. The van der Waals surface area contributed by atoms with Crippen LogP contribution in [0.1, 0.15) is 28.4 Å². The summed E-state index contributed by atoms with van der Waals surface area (Å²) in [6.07, 6.45) is 0.821. The number of benzene rings is 1. The van der Waals surface area contributed by atoms with Crippen molar-refractivity contribution >= 4 is 11.9 Å². The van der Waals surface area contributed by atoms with E-state index in [1.807, 2.05) is 13.0 Å². The lowest BCUT2D eigenvalue weighted by molar-refractivity contribution is -0.218. The van der Waals surface area contributed by atoms with Gasteiger partial charge in [-0.3, -0.25) is 4.79 Å². The zero-order valence-corrected chi connectivity index (χ0v) is 13.0. The molecular formula is C16H17F3N2O3. The van der Waals surface area contributed by atoms with Gasteiger partial charge in [0.25, 0.3) is 5.91 Å². The van der Waals surface area contributed by atoms with Crippen molar-refractivity contribution in [1.29, 1.82) is 0 Å². The largest absolute Gasteiger partial charge is 0.419 e. The van der Waals surface area contributed by atoms with Crippen LogP contribution >= 0.6 is 0 Å². The number of hydrogen-bond acceptors (Lipinski definition) is 4. The average Bonchev–Trinajstić information content (AvgIpc) is 2.59. The molecule has 0 spiro atoms. The zero-order chi connectivity index (χ0) is 17.5. The molecule has 1 fully saturated rings. The smallest absolute Gasteiger partial charge is 0.332 e. The Morgan fingerprint density at radius 2 is 2.21 bits per heavy atom. The monoisotopic (exact) mass is 342 g/mol. The van der Waals surface area contributed by atoms with Crippen molar-refractivity contribution < 1.29 is 27.8 Å². The van der Waals surface area contributed by atoms with E-state index in [0.29, 0.717) is 17.5 Å². The average molecular weight is 342 g/mol. The number of alkyl halides is 2. The fourth-order valence-corrected chi connectivity index (χ4v) is 3.61. The van der Waals surface area contributed by atoms with Crippen molar-refractivity contribution in [2.45, 2.75) is 37.8 Å². The van der Waals surface area contributed by atoms with Crippen molar-refractivity contribution in [3.63, 3.8) is 0 Å². The molecule has 0 bridgehead atoms. The third-order valence-corrected chi connectivity index (χ3v) is 4.76. The lowest BCUT2D eigenvalue weighted by Crippen LogP contribution is -2.69. The number of fused-ring (bicyclic) bond motifs is 2. The fraction of sp³-hybridized carbons (Fsp3) is 0.500. The van der Waals surface area contributed by atoms with Crippen LogP contribution in [0, 0.1) is 0 Å². The number of aryl methyl sites for hydroxylation is 1. The van der Waals surface area contributed by atoms with E-state index in [4.69, 9.17) is 0 Å². The van der Waals surface area contributed by atoms with Crippen LogP contribution in [0.3, 0.4) is 0 Å². The van der Waals surface area contributed by atoms with Gasteiger partial charge in [0.05, 0.1) is 6.04 Å². The number of carbonyl (C=O) groups is 2. The van der Waals surface area contributed by atoms with E-state index in [1.54, 1.807) is 12.1 Å². The van der Waals surface area contributed by atoms with E-state index in [2.05, 4.69) is 10.3 Å². The summed E-state index contributed by atoms with van der Waals surface area (Å²) in [5, 5.41) is 2.54. The molecule has 1 N–H and O–H groups in total. The van der Waals surface area contributed by atoms with Crippen molar-refractivity contribution in [3.05, 3.63) is 34.9 Å². The third kappa shape index (κ3) is 2.45. The first-order valence-corrected chi connectivity index (χ1v) is 7.77. The van der Waals surface area contributed by atoms with Crippen LogP contribution in [0.4, 0.5) is 13.3 Å². The molecule has 5 nitrogen and oxygen atoms in total. The molecule has 1 amide bonds. The predicted octanol–water partition coefficient (Wildman–Crippen LogP) is 1.65. The van der Waals surface area contributed by atoms with Crippen LogP contribution in [0.5, 0.6) is 0 Å². The molecule has 0 saturated carbocycles. The maximum atomic E-state index is 14.2. The highest BCUT2D eigenvalue weighted by atomic mass is 19.3. The van der Waals surface area contributed by atoms with Crippen LogP contribution in [-0.2, 0) is 22.6 Å². The zero-order valence-electron chi connectivity index (χ0n) is 13.0. The minimum Gasteiger partial charge on any atom is -0.332 e. The number of halogens is 3. The van der Waals surface area contributed by atoms with Gasteiger partial charge in [-0.25, -0.2) is 9.74 Å². The van der Waals surface area contributed by atoms with Gasteiger partial charge >= 0.3 is 11.9 Å². The summed E-state index contributed by atoms with van der Waals surface area (Å²) < 4.78 is 40.5. The van der Waals surface area contributed by atoms with Crippen molar-refractivity contribution in [1.82, 2.24) is 10.2 Å². The van der Waals surface area contributed by atoms with Gasteiger partial charge in [0.2, 0.25) is 0 Å². The molecule has 2 atom stereocenters. The second-order valence-corrected chi connectivity index (χ2v) is 5.99. The highest BCUT2D eigenvalue weighted by Gasteiger charge is 2.57. The lowest BCUT2D eigenvalue weighted by atomic mass is 9.83. The number of nitrogens with zero attached hydrogens (tertiary/aromatic N) is 1. The van der Waals surface area contributed by atoms with Crippen molar-refractivity contribution in [2.75, 3.05) is 13.1 Å². The Labute approximate surface area is 136 Å². The molecule has 0 aromatic heterocycles. The van der Waals surface area contributed by atoms with Gasteiger partial charge in [0.1, 0.15) is 6.04 Å². The number of piperazine rings is 1. The van der Waals surface area contributed by atoms with Gasteiger partial charge in [-0.2, -0.15) is 8.78 Å². The molecule has 0 aliphatic carbocycles. The van der Waals surface area contributed by atoms with E-state index in [9.17, 15) is 22.9 Å². The predicted molar refractivity (Wildman–Crippen MR) is 78.3 cm³/mol. The maximum absolute atomic E-state index is 14.2. The molecule has 130 valence electrons. The summed E-state index contributed by atoms with van der Waals surface area (Å²) in [5.74, 6) is -6.64. The molecule has 0 radical (unpaired) electrons. The van der Waals surface area contributed by atoms with Crippen molar-refractivity contribution in [3.8, 4) is 0 Å². The molecule has 8 heteroatoms. The SMILES string of the molecule is CCc1cccc2c1C(=O)N1CCNC(C(F)(F)C(=O)OF)[C@H]1C2. The first kappa shape index (κ1) is 16.8. The second-order valence-electron chi connectivity index (χ2n) is 5.99. The number of nitrogens with one attached hydrogen (secondary N) is 1. The van der Waals surface area contributed by atoms with E-state index in [1.165, 1.54) is 4.90 Å². The molecule has 1 saturated heterocycles. The topological polar surface area (TPSA) is 58.6 Å². The quantitative estimate of drug-likeness (QED) is 0.908. The minimum atomic E-state index is -4.07. The molecule has 1 unspecified atom stereocenters.